The van der Waals surface area contributed by atoms with Crippen LogP contribution in [0.15, 0.2) is 23.8 Å². The Kier molecular flexibility index (Phi) is 2.06. The molecule has 1 aliphatic carbocycles. The number of halogens is 3. The van der Waals surface area contributed by atoms with E-state index < -0.39 is 11.6 Å². The summed E-state index contributed by atoms with van der Waals surface area (Å²) in [7, 11) is 0. The molecule has 0 bridgehead atoms. The molecule has 1 unspecified atom stereocenters. The van der Waals surface area contributed by atoms with Gasteiger partial charge >= 0.3 is 6.18 Å². The van der Waals surface area contributed by atoms with Crippen LogP contribution in [0.3, 0.4) is 0 Å². The molecule has 0 amide bonds. The van der Waals surface area contributed by atoms with Crippen LogP contribution in [-0.2, 0) is 0 Å². The van der Waals surface area contributed by atoms with Crippen LogP contribution in [0.25, 0.3) is 0 Å². The van der Waals surface area contributed by atoms with Gasteiger partial charge in [0.15, 0.2) is 0 Å². The van der Waals surface area contributed by atoms with Crippen molar-refractivity contribution in [2.75, 3.05) is 0 Å². The molecule has 0 N–H and O–H groups in total. The Balaban J connectivity index is 2.95. The van der Waals surface area contributed by atoms with Crippen LogP contribution in [-0.4, -0.2) is 6.18 Å². The molecule has 0 aliphatic heterocycles. The van der Waals surface area contributed by atoms with Crippen LogP contribution in [0.1, 0.15) is 20.3 Å². The molecule has 0 heterocycles. The molecular weight excluding hydrogens is 165 g/mol. The van der Waals surface area contributed by atoms with Crippen molar-refractivity contribution in [1.29, 1.82) is 0 Å². The molecule has 0 aromatic carbocycles. The van der Waals surface area contributed by atoms with Gasteiger partial charge in [-0.1, -0.05) is 23.8 Å². The number of hydrogen-bond donors (Lipinski definition) is 0. The Hall–Kier alpha value is -0.730. The summed E-state index contributed by atoms with van der Waals surface area (Å²) in [6.07, 6.45) is 0.482. The summed E-state index contributed by atoms with van der Waals surface area (Å²) < 4.78 is 37.3. The van der Waals surface area contributed by atoms with E-state index in [1.807, 2.05) is 0 Å². The fourth-order valence-electron chi connectivity index (χ4n) is 1.30. The molecule has 0 fully saturated rings. The standard InChI is InChI=1S/C9H11F3/c1-7-4-3-5-8(2,6-7)9(10,11)12/h3-4,6H,5H2,1-2H3. The highest BCUT2D eigenvalue weighted by atomic mass is 19.4. The van der Waals surface area contributed by atoms with Crippen molar-refractivity contribution in [3.05, 3.63) is 23.8 Å². The zero-order valence-electron chi connectivity index (χ0n) is 7.07. The predicted molar refractivity (Wildman–Crippen MR) is 41.7 cm³/mol. The first-order valence-corrected chi connectivity index (χ1v) is 3.78. The maximum absolute atomic E-state index is 12.4. The lowest BCUT2D eigenvalue weighted by Gasteiger charge is -2.30. The second-order valence-corrected chi connectivity index (χ2v) is 3.41. The molecule has 0 saturated heterocycles. The summed E-state index contributed by atoms with van der Waals surface area (Å²) in [5, 5.41) is 0. The molecule has 0 aromatic heterocycles. The molecule has 0 nitrogen and oxygen atoms in total. The first-order chi connectivity index (χ1) is 5.35. The largest absolute Gasteiger partial charge is 0.397 e. The average Bonchev–Trinajstić information content (AvgIpc) is 1.83. The number of rotatable bonds is 0. The van der Waals surface area contributed by atoms with E-state index in [1.54, 1.807) is 19.1 Å². The molecule has 0 radical (unpaired) electrons. The second kappa shape index (κ2) is 2.64. The third-order valence-corrected chi connectivity index (χ3v) is 2.12. The van der Waals surface area contributed by atoms with Crippen LogP contribution in [0.5, 0.6) is 0 Å². The Labute approximate surface area is 69.8 Å². The average molecular weight is 176 g/mol. The summed E-state index contributed by atoms with van der Waals surface area (Å²) in [4.78, 5) is 0. The smallest absolute Gasteiger partial charge is 0.170 e. The Bertz CT molecular complexity index is 235. The van der Waals surface area contributed by atoms with Crippen LogP contribution in [0.2, 0.25) is 0 Å². The van der Waals surface area contributed by atoms with E-state index in [0.29, 0.717) is 5.57 Å². The molecule has 3 heteroatoms. The van der Waals surface area contributed by atoms with Crippen LogP contribution >= 0.6 is 0 Å². The van der Waals surface area contributed by atoms with Gasteiger partial charge in [-0.2, -0.15) is 13.2 Å². The van der Waals surface area contributed by atoms with Gasteiger partial charge in [-0.3, -0.25) is 0 Å². The minimum Gasteiger partial charge on any atom is -0.170 e. The normalized spacial score (nSPS) is 30.2. The molecule has 1 atom stereocenters. The van der Waals surface area contributed by atoms with E-state index in [9.17, 15) is 13.2 Å². The molecule has 68 valence electrons. The van der Waals surface area contributed by atoms with Crippen molar-refractivity contribution >= 4 is 0 Å². The topological polar surface area (TPSA) is 0 Å². The van der Waals surface area contributed by atoms with Gasteiger partial charge < -0.3 is 0 Å². The van der Waals surface area contributed by atoms with Gasteiger partial charge in [0, 0.05) is 0 Å². The molecule has 0 aromatic rings. The maximum atomic E-state index is 12.4. The van der Waals surface area contributed by atoms with E-state index in [-0.39, 0.29) is 6.42 Å². The van der Waals surface area contributed by atoms with E-state index >= 15 is 0 Å². The summed E-state index contributed by atoms with van der Waals surface area (Å²) in [6.45, 7) is 2.90. The first kappa shape index (κ1) is 9.36. The number of alkyl halides is 3. The molecule has 12 heavy (non-hydrogen) atoms. The highest BCUT2D eigenvalue weighted by Gasteiger charge is 2.49. The van der Waals surface area contributed by atoms with Crippen molar-refractivity contribution in [3.63, 3.8) is 0 Å². The summed E-state index contributed by atoms with van der Waals surface area (Å²) in [5.41, 5.74) is -0.979. The number of allylic oxidation sites excluding steroid dienone is 4. The third-order valence-electron chi connectivity index (χ3n) is 2.12. The fourth-order valence-corrected chi connectivity index (χ4v) is 1.30. The van der Waals surface area contributed by atoms with E-state index in [1.165, 1.54) is 13.0 Å². The van der Waals surface area contributed by atoms with Gasteiger partial charge in [-0.05, 0) is 20.3 Å². The number of hydrogen-bond acceptors (Lipinski definition) is 0. The molecular formula is C9H11F3. The second-order valence-electron chi connectivity index (χ2n) is 3.41. The van der Waals surface area contributed by atoms with Gasteiger partial charge in [-0.25, -0.2) is 0 Å². The minimum absolute atomic E-state index is 0.0494. The Morgan fingerprint density at radius 1 is 1.42 bits per heavy atom. The van der Waals surface area contributed by atoms with Crippen molar-refractivity contribution in [2.45, 2.75) is 26.4 Å². The summed E-state index contributed by atoms with van der Waals surface area (Å²) in [6, 6.07) is 0. The lowest BCUT2D eigenvalue weighted by molar-refractivity contribution is -0.199. The third kappa shape index (κ3) is 1.54. The zero-order chi connectivity index (χ0) is 9.41. The van der Waals surface area contributed by atoms with Crippen LogP contribution < -0.4 is 0 Å². The van der Waals surface area contributed by atoms with Crippen molar-refractivity contribution in [1.82, 2.24) is 0 Å². The lowest BCUT2D eigenvalue weighted by atomic mass is 9.81. The van der Waals surface area contributed by atoms with Gasteiger partial charge in [0.05, 0.1) is 5.41 Å². The molecule has 0 spiro atoms. The molecule has 0 saturated carbocycles. The van der Waals surface area contributed by atoms with Crippen LogP contribution in [0.4, 0.5) is 13.2 Å². The highest BCUT2D eigenvalue weighted by molar-refractivity contribution is 5.25. The van der Waals surface area contributed by atoms with Crippen molar-refractivity contribution < 1.29 is 13.2 Å². The highest BCUT2D eigenvalue weighted by Crippen LogP contribution is 2.44. The SMILES string of the molecule is CC1=CC(C)(C(F)(F)F)CC=C1. The summed E-state index contributed by atoms with van der Waals surface area (Å²) >= 11 is 0. The first-order valence-electron chi connectivity index (χ1n) is 3.78. The quantitative estimate of drug-likeness (QED) is 0.530. The predicted octanol–water partition coefficient (Wildman–Crippen LogP) is 3.46. The van der Waals surface area contributed by atoms with Crippen LogP contribution in [0, 0.1) is 5.41 Å². The molecule has 1 aliphatic rings. The zero-order valence-corrected chi connectivity index (χ0v) is 7.07. The van der Waals surface area contributed by atoms with Gasteiger partial charge in [0.1, 0.15) is 0 Å². The Morgan fingerprint density at radius 3 is 2.33 bits per heavy atom. The van der Waals surface area contributed by atoms with Crippen molar-refractivity contribution in [2.24, 2.45) is 5.41 Å². The van der Waals surface area contributed by atoms with E-state index in [0.717, 1.165) is 0 Å². The maximum Gasteiger partial charge on any atom is 0.397 e. The van der Waals surface area contributed by atoms with Gasteiger partial charge in [0.25, 0.3) is 0 Å². The molecule has 1 rings (SSSR count). The van der Waals surface area contributed by atoms with Gasteiger partial charge in [-0.15, -0.1) is 0 Å². The minimum atomic E-state index is -4.14. The van der Waals surface area contributed by atoms with Gasteiger partial charge in [0.2, 0.25) is 0 Å². The van der Waals surface area contributed by atoms with Crippen molar-refractivity contribution in [3.8, 4) is 0 Å². The fraction of sp³-hybridized carbons (Fsp3) is 0.556. The lowest BCUT2D eigenvalue weighted by Crippen LogP contribution is -2.33. The summed E-state index contributed by atoms with van der Waals surface area (Å²) in [5.74, 6) is 0. The van der Waals surface area contributed by atoms with E-state index in [2.05, 4.69) is 0 Å². The van der Waals surface area contributed by atoms with E-state index in [4.69, 9.17) is 0 Å². The Morgan fingerprint density at radius 2 is 2.00 bits per heavy atom. The monoisotopic (exact) mass is 176 g/mol.